The molecule has 23 heavy (non-hydrogen) atoms. The first-order chi connectivity index (χ1) is 10.9. The zero-order chi connectivity index (χ0) is 17.0. The maximum atomic E-state index is 12.4. The van der Waals surface area contributed by atoms with Crippen molar-refractivity contribution < 1.29 is 9.90 Å². The summed E-state index contributed by atoms with van der Waals surface area (Å²) in [6.07, 6.45) is 0.521. The summed E-state index contributed by atoms with van der Waals surface area (Å²) < 4.78 is 1.66. The highest BCUT2D eigenvalue weighted by Gasteiger charge is 2.20. The van der Waals surface area contributed by atoms with Gasteiger partial charge in [0.05, 0.1) is 10.7 Å². The molecule has 0 bridgehead atoms. The van der Waals surface area contributed by atoms with Crippen molar-refractivity contribution >= 4 is 17.5 Å². The summed E-state index contributed by atoms with van der Waals surface area (Å²) in [5.41, 5.74) is 1.90. The van der Waals surface area contributed by atoms with Crippen molar-refractivity contribution in [2.45, 2.75) is 33.2 Å². The summed E-state index contributed by atoms with van der Waals surface area (Å²) in [6.45, 7) is 5.93. The van der Waals surface area contributed by atoms with Crippen LogP contribution in [-0.2, 0) is 0 Å². The van der Waals surface area contributed by atoms with Crippen molar-refractivity contribution in [1.82, 2.24) is 15.1 Å². The summed E-state index contributed by atoms with van der Waals surface area (Å²) in [4.78, 5) is 12.4. The average molecular weight is 336 g/mol. The van der Waals surface area contributed by atoms with Gasteiger partial charge < -0.3 is 10.4 Å². The lowest BCUT2D eigenvalue weighted by molar-refractivity contribution is 0.0911. The van der Waals surface area contributed by atoms with Crippen LogP contribution in [0, 0.1) is 12.8 Å². The van der Waals surface area contributed by atoms with E-state index in [1.54, 1.807) is 16.8 Å². The quantitative estimate of drug-likeness (QED) is 0.852. The number of hydrogen-bond acceptors (Lipinski definition) is 3. The predicted octanol–water partition coefficient (Wildman–Crippen LogP) is 2.97. The van der Waals surface area contributed by atoms with Crippen LogP contribution in [-0.4, -0.2) is 33.4 Å². The Bertz CT molecular complexity index is 682. The van der Waals surface area contributed by atoms with E-state index < -0.39 is 0 Å². The summed E-state index contributed by atoms with van der Waals surface area (Å²) in [5.74, 6) is -0.0103. The third-order valence-electron chi connectivity index (χ3n) is 3.76. The molecule has 0 aliphatic carbocycles. The zero-order valence-corrected chi connectivity index (χ0v) is 14.3. The van der Waals surface area contributed by atoms with Crippen molar-refractivity contribution in [3.63, 3.8) is 0 Å². The molecule has 0 aliphatic heterocycles. The van der Waals surface area contributed by atoms with Crippen molar-refractivity contribution in [1.29, 1.82) is 0 Å². The highest BCUT2D eigenvalue weighted by molar-refractivity contribution is 6.32. The second kappa shape index (κ2) is 7.62. The predicted molar refractivity (Wildman–Crippen MR) is 91.1 cm³/mol. The molecular weight excluding hydrogens is 314 g/mol. The van der Waals surface area contributed by atoms with E-state index in [9.17, 15) is 4.79 Å². The van der Waals surface area contributed by atoms with Crippen LogP contribution >= 0.6 is 11.6 Å². The second-order valence-electron chi connectivity index (χ2n) is 5.87. The lowest BCUT2D eigenvalue weighted by atomic mass is 10.0. The van der Waals surface area contributed by atoms with E-state index in [1.807, 2.05) is 39.0 Å². The molecule has 6 heteroatoms. The van der Waals surface area contributed by atoms with E-state index in [-0.39, 0.29) is 24.5 Å². The first kappa shape index (κ1) is 17.5. The molecule has 1 aromatic heterocycles. The molecule has 1 amide bonds. The van der Waals surface area contributed by atoms with Gasteiger partial charge in [0.25, 0.3) is 5.91 Å². The normalized spacial score (nSPS) is 12.4. The van der Waals surface area contributed by atoms with E-state index in [2.05, 4.69) is 10.4 Å². The van der Waals surface area contributed by atoms with Gasteiger partial charge in [0.1, 0.15) is 0 Å². The Morgan fingerprint density at radius 3 is 2.70 bits per heavy atom. The molecule has 1 atom stereocenters. The molecule has 0 spiro atoms. The minimum atomic E-state index is -0.244. The minimum Gasteiger partial charge on any atom is -0.396 e. The molecule has 0 radical (unpaired) electrons. The van der Waals surface area contributed by atoms with Crippen molar-refractivity contribution in [3.8, 4) is 5.69 Å². The number of aliphatic hydroxyl groups is 1. The molecule has 0 fully saturated rings. The molecular formula is C17H22ClN3O2. The fourth-order valence-electron chi connectivity index (χ4n) is 2.41. The third kappa shape index (κ3) is 4.12. The Hall–Kier alpha value is -1.85. The first-order valence-corrected chi connectivity index (χ1v) is 8.05. The smallest absolute Gasteiger partial charge is 0.272 e. The Kier molecular flexibility index (Phi) is 5.80. The number of nitrogens with one attached hydrogen (secondary N) is 1. The van der Waals surface area contributed by atoms with Gasteiger partial charge in [0.2, 0.25) is 0 Å². The molecule has 5 nitrogen and oxygen atoms in total. The fourth-order valence-corrected chi connectivity index (χ4v) is 2.62. The van der Waals surface area contributed by atoms with E-state index in [0.717, 1.165) is 11.4 Å². The van der Waals surface area contributed by atoms with E-state index in [0.29, 0.717) is 17.1 Å². The van der Waals surface area contributed by atoms with E-state index in [4.69, 9.17) is 16.7 Å². The monoisotopic (exact) mass is 335 g/mol. The molecule has 124 valence electrons. The van der Waals surface area contributed by atoms with Gasteiger partial charge >= 0.3 is 0 Å². The van der Waals surface area contributed by atoms with Gasteiger partial charge in [-0.25, -0.2) is 4.68 Å². The van der Waals surface area contributed by atoms with Crippen LogP contribution < -0.4 is 5.32 Å². The van der Waals surface area contributed by atoms with Gasteiger partial charge in [-0.05, 0) is 37.5 Å². The Labute approximate surface area is 141 Å². The molecule has 2 rings (SSSR count). The van der Waals surface area contributed by atoms with Gasteiger partial charge in [-0.2, -0.15) is 5.10 Å². The second-order valence-corrected chi connectivity index (χ2v) is 6.28. The van der Waals surface area contributed by atoms with Gasteiger partial charge in [-0.1, -0.05) is 37.6 Å². The molecule has 2 N–H and O–H groups in total. The largest absolute Gasteiger partial charge is 0.396 e. The van der Waals surface area contributed by atoms with Crippen LogP contribution in [0.4, 0.5) is 0 Å². The number of benzene rings is 1. The molecule has 1 heterocycles. The lowest BCUT2D eigenvalue weighted by Gasteiger charge is -2.20. The number of nitrogens with zero attached hydrogens (tertiary/aromatic N) is 2. The van der Waals surface area contributed by atoms with Crippen molar-refractivity contribution in [2.75, 3.05) is 6.61 Å². The topological polar surface area (TPSA) is 67.2 Å². The molecule has 2 aromatic rings. The highest BCUT2D eigenvalue weighted by atomic mass is 35.5. The molecule has 0 saturated heterocycles. The fraction of sp³-hybridized carbons (Fsp3) is 0.412. The number of para-hydroxylation sites is 1. The van der Waals surface area contributed by atoms with Crippen LogP contribution in [0.25, 0.3) is 5.69 Å². The Balaban J connectivity index is 2.23. The Morgan fingerprint density at radius 1 is 1.39 bits per heavy atom. The number of halogens is 1. The number of carbonyl (C=O) groups excluding carboxylic acids is 1. The molecule has 0 saturated carbocycles. The van der Waals surface area contributed by atoms with Crippen LogP contribution in [0.15, 0.2) is 30.3 Å². The number of carbonyl (C=O) groups is 1. The third-order valence-corrected chi connectivity index (χ3v) is 4.08. The number of aromatic nitrogens is 2. The van der Waals surface area contributed by atoms with Gasteiger partial charge in [-0.3, -0.25) is 4.79 Å². The van der Waals surface area contributed by atoms with Crippen LogP contribution in [0.2, 0.25) is 5.02 Å². The summed E-state index contributed by atoms with van der Waals surface area (Å²) >= 11 is 6.20. The maximum Gasteiger partial charge on any atom is 0.272 e. The highest BCUT2D eigenvalue weighted by Crippen LogP contribution is 2.21. The first-order valence-electron chi connectivity index (χ1n) is 7.67. The van der Waals surface area contributed by atoms with E-state index in [1.165, 1.54) is 0 Å². The SMILES string of the molecule is Cc1cc(C(=O)NC(CCO)C(C)C)nn1-c1ccccc1Cl. The van der Waals surface area contributed by atoms with Crippen LogP contribution in [0.3, 0.4) is 0 Å². The standard InChI is InChI=1S/C17H22ClN3O2/c1-11(2)14(8-9-22)19-17(23)15-10-12(3)21(20-15)16-7-5-4-6-13(16)18/h4-7,10-11,14,22H,8-9H2,1-3H3,(H,19,23). The minimum absolute atomic E-state index is 0.0379. The van der Waals surface area contributed by atoms with Gasteiger partial charge in [-0.15, -0.1) is 0 Å². The number of amides is 1. The van der Waals surface area contributed by atoms with Crippen LogP contribution in [0.1, 0.15) is 36.5 Å². The number of aryl methyl sites for hydroxylation is 1. The summed E-state index contributed by atoms with van der Waals surface area (Å²) in [5, 5.41) is 17.0. The Morgan fingerprint density at radius 2 is 2.09 bits per heavy atom. The molecule has 1 aromatic carbocycles. The maximum absolute atomic E-state index is 12.4. The molecule has 0 aliphatic rings. The van der Waals surface area contributed by atoms with E-state index >= 15 is 0 Å². The van der Waals surface area contributed by atoms with Gasteiger partial charge in [0, 0.05) is 18.3 Å². The average Bonchev–Trinajstić information content (AvgIpc) is 2.89. The number of rotatable bonds is 6. The number of hydrogen-bond donors (Lipinski definition) is 2. The summed E-state index contributed by atoms with van der Waals surface area (Å²) in [7, 11) is 0. The lowest BCUT2D eigenvalue weighted by Crippen LogP contribution is -2.39. The summed E-state index contributed by atoms with van der Waals surface area (Å²) in [6, 6.07) is 9.01. The van der Waals surface area contributed by atoms with Crippen molar-refractivity contribution in [3.05, 3.63) is 46.7 Å². The van der Waals surface area contributed by atoms with Crippen molar-refractivity contribution in [2.24, 2.45) is 5.92 Å². The van der Waals surface area contributed by atoms with Crippen LogP contribution in [0.5, 0.6) is 0 Å². The van der Waals surface area contributed by atoms with Gasteiger partial charge in [0.15, 0.2) is 5.69 Å². The number of aliphatic hydroxyl groups excluding tert-OH is 1. The zero-order valence-electron chi connectivity index (χ0n) is 13.6. The molecule has 1 unspecified atom stereocenters.